The molecule has 168 valence electrons. The first kappa shape index (κ1) is 23.5. The fourth-order valence-electron chi connectivity index (χ4n) is 3.88. The van der Waals surface area contributed by atoms with Crippen molar-refractivity contribution >= 4 is 17.7 Å². The van der Waals surface area contributed by atoms with Gasteiger partial charge >= 0.3 is 0 Å². The Balaban J connectivity index is 1.46. The number of amides is 1. The fourth-order valence-corrected chi connectivity index (χ4v) is 4.89. The third kappa shape index (κ3) is 6.43. The van der Waals surface area contributed by atoms with Gasteiger partial charge in [-0.3, -0.25) is 14.2 Å². The second-order valence-corrected chi connectivity index (χ2v) is 9.17. The van der Waals surface area contributed by atoms with Crippen LogP contribution in [0.4, 0.5) is 0 Å². The number of piperazine rings is 1. The smallest absolute Gasteiger partial charge is 0.257 e. The summed E-state index contributed by atoms with van der Waals surface area (Å²) in [6.07, 6.45) is 3.02. The molecule has 1 fully saturated rings. The van der Waals surface area contributed by atoms with E-state index >= 15 is 0 Å². The van der Waals surface area contributed by atoms with Crippen LogP contribution in [-0.2, 0) is 18.3 Å². The predicted octanol–water partition coefficient (Wildman–Crippen LogP) is 3.11. The van der Waals surface area contributed by atoms with Crippen LogP contribution in [0.15, 0.2) is 40.3 Å². The minimum Gasteiger partial charge on any atom is -0.340 e. The van der Waals surface area contributed by atoms with E-state index in [1.54, 1.807) is 23.4 Å². The van der Waals surface area contributed by atoms with Crippen LogP contribution in [0.25, 0.3) is 0 Å². The first-order valence-electron chi connectivity index (χ1n) is 11.2. The van der Waals surface area contributed by atoms with Crippen LogP contribution in [-0.4, -0.2) is 63.7 Å². The summed E-state index contributed by atoms with van der Waals surface area (Å²) in [6, 6.07) is 10.0. The number of aryl methyl sites for hydroxylation is 1. The Bertz CT molecular complexity index is 921. The number of aromatic nitrogens is 2. The number of unbranched alkanes of at least 4 members (excludes halogenated alkanes) is 1. The minimum absolute atomic E-state index is 0.0280. The van der Waals surface area contributed by atoms with Gasteiger partial charge in [0.2, 0.25) is 5.91 Å². The van der Waals surface area contributed by atoms with Crippen molar-refractivity contribution in [3.63, 3.8) is 0 Å². The number of hydrogen-bond acceptors (Lipinski definition) is 5. The summed E-state index contributed by atoms with van der Waals surface area (Å²) in [6.45, 7) is 8.81. The Morgan fingerprint density at radius 1 is 1.10 bits per heavy atom. The van der Waals surface area contributed by atoms with Crippen molar-refractivity contribution in [1.29, 1.82) is 0 Å². The zero-order valence-corrected chi connectivity index (χ0v) is 19.8. The van der Waals surface area contributed by atoms with Crippen LogP contribution < -0.4 is 5.56 Å². The number of thioether (sulfide) groups is 1. The van der Waals surface area contributed by atoms with E-state index < -0.39 is 0 Å². The van der Waals surface area contributed by atoms with E-state index in [-0.39, 0.29) is 11.5 Å². The van der Waals surface area contributed by atoms with Gasteiger partial charge in [0.05, 0.1) is 0 Å². The molecule has 1 amide bonds. The van der Waals surface area contributed by atoms with Crippen LogP contribution in [0.1, 0.15) is 43.0 Å². The summed E-state index contributed by atoms with van der Waals surface area (Å²) in [5.41, 5.74) is 2.70. The molecule has 0 radical (unpaired) electrons. The van der Waals surface area contributed by atoms with Gasteiger partial charge in [-0.15, -0.1) is 0 Å². The van der Waals surface area contributed by atoms with Gasteiger partial charge in [0.25, 0.3) is 5.56 Å². The quantitative estimate of drug-likeness (QED) is 0.339. The van der Waals surface area contributed by atoms with E-state index in [9.17, 15) is 9.59 Å². The van der Waals surface area contributed by atoms with Crippen LogP contribution in [0, 0.1) is 6.92 Å². The molecule has 1 aromatic heterocycles. The van der Waals surface area contributed by atoms with E-state index in [0.29, 0.717) is 12.8 Å². The van der Waals surface area contributed by atoms with E-state index in [1.807, 2.05) is 42.2 Å². The van der Waals surface area contributed by atoms with Crippen molar-refractivity contribution in [2.24, 2.45) is 7.05 Å². The summed E-state index contributed by atoms with van der Waals surface area (Å²) in [5, 5.41) is 0.751. The summed E-state index contributed by atoms with van der Waals surface area (Å²) in [5.74, 6) is 1.13. The Labute approximate surface area is 189 Å². The van der Waals surface area contributed by atoms with Crippen molar-refractivity contribution < 1.29 is 4.79 Å². The molecule has 3 rings (SSSR count). The molecule has 0 bridgehead atoms. The zero-order chi connectivity index (χ0) is 22.2. The molecule has 7 heteroatoms. The van der Waals surface area contributed by atoms with Crippen molar-refractivity contribution in [2.75, 3.05) is 38.5 Å². The molecule has 1 aliphatic rings. The Kier molecular flexibility index (Phi) is 8.72. The molecule has 0 aliphatic carbocycles. The molecule has 0 saturated carbocycles. The van der Waals surface area contributed by atoms with Gasteiger partial charge in [-0.25, -0.2) is 4.98 Å². The molecule has 1 aliphatic heterocycles. The average Bonchev–Trinajstić information content (AvgIpc) is 2.80. The highest BCUT2D eigenvalue weighted by atomic mass is 32.2. The van der Waals surface area contributed by atoms with Gasteiger partial charge in [-0.1, -0.05) is 49.0 Å². The van der Waals surface area contributed by atoms with Crippen molar-refractivity contribution in [3.8, 4) is 0 Å². The van der Waals surface area contributed by atoms with Crippen LogP contribution >= 0.6 is 11.8 Å². The molecule has 0 N–H and O–H groups in total. The molecule has 1 saturated heterocycles. The molecule has 1 aromatic carbocycles. The monoisotopic (exact) mass is 442 g/mol. The lowest BCUT2D eigenvalue weighted by Crippen LogP contribution is -2.48. The standard InChI is InChI=1S/C24H34N4O2S/c1-4-27-13-15-28(16-14-27)22(29)12-8-9-17-31-24-25-19(2)21(23(30)26(24)3)18-20-10-6-5-7-11-20/h5-7,10-11H,4,8-9,12-18H2,1-3H3. The average molecular weight is 443 g/mol. The van der Waals surface area contributed by atoms with Gasteiger partial charge in [-0.05, 0) is 31.9 Å². The maximum Gasteiger partial charge on any atom is 0.257 e. The summed E-state index contributed by atoms with van der Waals surface area (Å²) < 4.78 is 1.66. The van der Waals surface area contributed by atoms with Crippen LogP contribution in [0.3, 0.4) is 0 Å². The number of likely N-dealkylation sites (N-methyl/N-ethyl adjacent to an activating group) is 1. The summed E-state index contributed by atoms with van der Waals surface area (Å²) >= 11 is 1.60. The summed E-state index contributed by atoms with van der Waals surface area (Å²) in [7, 11) is 1.80. The Morgan fingerprint density at radius 2 is 1.81 bits per heavy atom. The Morgan fingerprint density at radius 3 is 2.48 bits per heavy atom. The highest BCUT2D eigenvalue weighted by Gasteiger charge is 2.19. The molecular weight excluding hydrogens is 408 g/mol. The number of carbonyl (C=O) groups excluding carboxylic acids is 1. The Hall–Kier alpha value is -2.12. The summed E-state index contributed by atoms with van der Waals surface area (Å²) in [4.78, 5) is 34.3. The number of benzene rings is 1. The lowest BCUT2D eigenvalue weighted by molar-refractivity contribution is -0.133. The lowest BCUT2D eigenvalue weighted by atomic mass is 10.1. The van der Waals surface area contributed by atoms with Gasteiger partial charge in [0.15, 0.2) is 5.16 Å². The normalized spacial score (nSPS) is 14.7. The van der Waals surface area contributed by atoms with E-state index in [4.69, 9.17) is 4.98 Å². The van der Waals surface area contributed by atoms with E-state index in [1.165, 1.54) is 0 Å². The predicted molar refractivity (Wildman–Crippen MR) is 127 cm³/mol. The van der Waals surface area contributed by atoms with Crippen LogP contribution in [0.2, 0.25) is 0 Å². The zero-order valence-electron chi connectivity index (χ0n) is 19.0. The lowest BCUT2D eigenvalue weighted by Gasteiger charge is -2.34. The van der Waals surface area contributed by atoms with Gasteiger partial charge in [0.1, 0.15) is 0 Å². The van der Waals surface area contributed by atoms with Crippen molar-refractivity contribution in [2.45, 2.75) is 44.7 Å². The highest BCUT2D eigenvalue weighted by molar-refractivity contribution is 7.99. The number of rotatable bonds is 9. The molecule has 2 heterocycles. The molecule has 0 unspecified atom stereocenters. The van der Waals surface area contributed by atoms with E-state index in [2.05, 4.69) is 11.8 Å². The number of hydrogen-bond donors (Lipinski definition) is 0. The van der Waals surface area contributed by atoms with Gasteiger partial charge in [0, 0.05) is 63.1 Å². The van der Waals surface area contributed by atoms with Crippen molar-refractivity contribution in [3.05, 3.63) is 57.5 Å². The number of carbonyl (C=O) groups is 1. The SMILES string of the molecule is CCN1CCN(C(=O)CCCCSc2nc(C)c(Cc3ccccc3)c(=O)n2C)CC1. The topological polar surface area (TPSA) is 58.4 Å². The fraction of sp³-hybridized carbons (Fsp3) is 0.542. The second-order valence-electron chi connectivity index (χ2n) is 8.11. The maximum absolute atomic E-state index is 12.9. The van der Waals surface area contributed by atoms with Gasteiger partial charge < -0.3 is 9.80 Å². The van der Waals surface area contributed by atoms with Crippen molar-refractivity contribution in [1.82, 2.24) is 19.4 Å². The van der Waals surface area contributed by atoms with E-state index in [0.717, 1.165) is 73.3 Å². The molecular formula is C24H34N4O2S. The number of nitrogens with zero attached hydrogens (tertiary/aromatic N) is 4. The molecule has 0 spiro atoms. The molecule has 31 heavy (non-hydrogen) atoms. The maximum atomic E-state index is 12.9. The third-order valence-electron chi connectivity index (χ3n) is 5.96. The molecule has 0 atom stereocenters. The second kappa shape index (κ2) is 11.5. The first-order chi connectivity index (χ1) is 15.0. The first-order valence-corrected chi connectivity index (χ1v) is 12.2. The van der Waals surface area contributed by atoms with Crippen LogP contribution in [0.5, 0.6) is 0 Å². The molecule has 6 nitrogen and oxygen atoms in total. The largest absolute Gasteiger partial charge is 0.340 e. The van der Waals surface area contributed by atoms with Gasteiger partial charge in [-0.2, -0.15) is 0 Å². The minimum atomic E-state index is 0.0280. The third-order valence-corrected chi connectivity index (χ3v) is 7.08. The molecule has 2 aromatic rings. The highest BCUT2D eigenvalue weighted by Crippen LogP contribution is 2.18.